The Morgan fingerprint density at radius 1 is 1.00 bits per heavy atom. The van der Waals surface area contributed by atoms with Crippen LogP contribution in [-0.4, -0.2) is 29.8 Å². The van der Waals surface area contributed by atoms with E-state index in [4.69, 9.17) is 9.26 Å². The van der Waals surface area contributed by atoms with E-state index in [-0.39, 0.29) is 5.41 Å². The second kappa shape index (κ2) is 11.4. The Bertz CT molecular complexity index is 467. The molecule has 1 rings (SSSR count). The lowest BCUT2D eigenvalue weighted by Crippen LogP contribution is -2.29. The molecule has 0 fully saturated rings. The van der Waals surface area contributed by atoms with Gasteiger partial charge < -0.3 is 14.7 Å². The fourth-order valence-electron chi connectivity index (χ4n) is 3.81. The van der Waals surface area contributed by atoms with Gasteiger partial charge in [-0.3, -0.25) is 4.79 Å². The van der Waals surface area contributed by atoms with Crippen molar-refractivity contribution in [2.75, 3.05) is 13.2 Å². The number of ether oxygens (including phenoxy) is 1. The molecular formula is C20H37O5P. The average molecular weight is 388 g/mol. The summed E-state index contributed by atoms with van der Waals surface area (Å²) in [4.78, 5) is 22.9. The molecule has 0 aliphatic carbocycles. The SMILES string of the molecule is CCC(CC)(CCCCOCCCCC(CC)(CC)C1=[P+]([O-])O1)C(=O)O. The van der Waals surface area contributed by atoms with Gasteiger partial charge in [0.15, 0.2) is 0 Å². The first kappa shape index (κ1) is 23.6. The van der Waals surface area contributed by atoms with E-state index in [2.05, 4.69) is 13.8 Å². The third kappa shape index (κ3) is 6.30. The molecule has 0 spiro atoms. The maximum Gasteiger partial charge on any atom is 0.309 e. The first-order valence-electron chi connectivity index (χ1n) is 10.2. The molecule has 1 unspecified atom stereocenters. The minimum Gasteiger partial charge on any atom is -0.600 e. The molecule has 0 amide bonds. The minimum absolute atomic E-state index is 0.00603. The van der Waals surface area contributed by atoms with E-state index < -0.39 is 19.4 Å². The summed E-state index contributed by atoms with van der Waals surface area (Å²) in [5.41, 5.74) is 0.258. The predicted octanol–water partition coefficient (Wildman–Crippen LogP) is 4.87. The van der Waals surface area contributed by atoms with Crippen LogP contribution in [0.5, 0.6) is 0 Å². The standard InChI is InChI=1S/C20H37O5P/c1-5-19(6-2,17(21)22)13-9-11-15-24-16-12-10-14-20(7-3,8-4)18-25-26(18)23/h5-16H2,1-4H3,(H,21,22). The van der Waals surface area contributed by atoms with Crippen molar-refractivity contribution in [3.8, 4) is 0 Å². The van der Waals surface area contributed by atoms with Crippen LogP contribution >= 0.6 is 8.00 Å². The zero-order chi connectivity index (χ0) is 19.6. The quantitative estimate of drug-likeness (QED) is 0.301. The summed E-state index contributed by atoms with van der Waals surface area (Å²) >= 11 is 0. The van der Waals surface area contributed by atoms with Crippen molar-refractivity contribution in [2.24, 2.45) is 10.8 Å². The van der Waals surface area contributed by atoms with Gasteiger partial charge in [-0.1, -0.05) is 45.1 Å². The summed E-state index contributed by atoms with van der Waals surface area (Å²) in [7, 11) is -1.49. The Balaban J connectivity index is 2.13. The first-order chi connectivity index (χ1) is 12.4. The Kier molecular flexibility index (Phi) is 10.3. The largest absolute Gasteiger partial charge is 0.600 e. The maximum absolute atomic E-state index is 11.5. The fourth-order valence-corrected chi connectivity index (χ4v) is 5.04. The van der Waals surface area contributed by atoms with Gasteiger partial charge in [-0.05, 0) is 51.4 Å². The van der Waals surface area contributed by atoms with Gasteiger partial charge in [-0.15, -0.1) is 0 Å². The van der Waals surface area contributed by atoms with Crippen molar-refractivity contribution in [2.45, 2.75) is 91.9 Å². The molecule has 5 nitrogen and oxygen atoms in total. The topological polar surface area (TPSA) is 82.1 Å². The van der Waals surface area contributed by atoms with Crippen LogP contribution in [0.15, 0.2) is 0 Å². The molecule has 1 heterocycles. The van der Waals surface area contributed by atoms with Crippen LogP contribution in [0.3, 0.4) is 0 Å². The molecule has 1 aliphatic heterocycles. The number of carboxylic acid groups (broad SMARTS) is 1. The average Bonchev–Trinajstić information content (AvgIpc) is 3.38. The van der Waals surface area contributed by atoms with E-state index in [9.17, 15) is 14.8 Å². The number of carbonyl (C=O) groups is 1. The summed E-state index contributed by atoms with van der Waals surface area (Å²) < 4.78 is 10.9. The number of rotatable bonds is 16. The summed E-state index contributed by atoms with van der Waals surface area (Å²) in [6.45, 7) is 9.63. The van der Waals surface area contributed by atoms with Gasteiger partial charge in [0.25, 0.3) is 8.00 Å². The van der Waals surface area contributed by atoms with E-state index in [0.29, 0.717) is 19.4 Å². The summed E-state index contributed by atoms with van der Waals surface area (Å²) in [5, 5.41) is 9.43. The molecule has 1 aliphatic rings. The highest BCUT2D eigenvalue weighted by molar-refractivity contribution is 7.55. The second-order valence-electron chi connectivity index (χ2n) is 7.46. The molecule has 152 valence electrons. The summed E-state index contributed by atoms with van der Waals surface area (Å²) in [5.74, 6) is -0.669. The van der Waals surface area contributed by atoms with Gasteiger partial charge >= 0.3 is 11.4 Å². The van der Waals surface area contributed by atoms with E-state index >= 15 is 0 Å². The van der Waals surface area contributed by atoms with Gasteiger partial charge in [-0.2, -0.15) is 0 Å². The molecule has 26 heavy (non-hydrogen) atoms. The van der Waals surface area contributed by atoms with E-state index in [1.54, 1.807) is 0 Å². The lowest BCUT2D eigenvalue weighted by molar-refractivity contribution is -0.159. The third-order valence-electron chi connectivity index (χ3n) is 6.31. The van der Waals surface area contributed by atoms with Crippen LogP contribution in [-0.2, 0) is 14.1 Å². The van der Waals surface area contributed by atoms with Crippen LogP contribution in [0.25, 0.3) is 0 Å². The van der Waals surface area contributed by atoms with Crippen molar-refractivity contribution in [3.63, 3.8) is 0 Å². The van der Waals surface area contributed by atoms with Crippen molar-refractivity contribution >= 4 is 19.4 Å². The van der Waals surface area contributed by atoms with Gasteiger partial charge in [0, 0.05) is 13.2 Å². The van der Waals surface area contributed by atoms with Crippen LogP contribution in [0.4, 0.5) is 0 Å². The number of hydrogen-bond donors (Lipinski definition) is 1. The molecule has 1 N–H and O–H groups in total. The van der Waals surface area contributed by atoms with Crippen molar-refractivity contribution < 1.29 is 24.1 Å². The summed E-state index contributed by atoms with van der Waals surface area (Å²) in [6, 6.07) is 0. The molecule has 0 aromatic carbocycles. The zero-order valence-electron chi connectivity index (χ0n) is 17.0. The molecule has 0 saturated carbocycles. The number of carboxylic acids is 1. The molecule has 0 saturated heterocycles. The van der Waals surface area contributed by atoms with E-state index in [1.165, 1.54) is 0 Å². The monoisotopic (exact) mass is 388 g/mol. The second-order valence-corrected chi connectivity index (χ2v) is 8.56. The van der Waals surface area contributed by atoms with E-state index in [0.717, 1.165) is 63.5 Å². The number of hydrogen-bond acceptors (Lipinski definition) is 4. The highest BCUT2D eigenvalue weighted by atomic mass is 31.1. The van der Waals surface area contributed by atoms with Gasteiger partial charge in [0.1, 0.15) is 0 Å². The van der Waals surface area contributed by atoms with Gasteiger partial charge in [0.05, 0.1) is 10.8 Å². The van der Waals surface area contributed by atoms with Crippen molar-refractivity contribution in [3.05, 3.63) is 0 Å². The maximum atomic E-state index is 11.5. The fraction of sp³-hybridized carbons (Fsp3) is 0.900. The molecule has 6 heteroatoms. The molecular weight excluding hydrogens is 351 g/mol. The number of aliphatic carboxylic acids is 1. The Hall–Kier alpha value is -0.480. The smallest absolute Gasteiger partial charge is 0.309 e. The molecule has 1 atom stereocenters. The molecule has 0 bridgehead atoms. The van der Waals surface area contributed by atoms with Crippen molar-refractivity contribution in [1.82, 2.24) is 0 Å². The van der Waals surface area contributed by atoms with Gasteiger partial charge in [-0.25, -0.2) is 0 Å². The highest BCUT2D eigenvalue weighted by Crippen LogP contribution is 2.50. The molecule has 0 radical (unpaired) electrons. The third-order valence-corrected chi connectivity index (χ3v) is 7.39. The molecule has 0 aromatic rings. The zero-order valence-corrected chi connectivity index (χ0v) is 17.9. The lowest BCUT2D eigenvalue weighted by atomic mass is 9.78. The predicted molar refractivity (Wildman–Crippen MR) is 105 cm³/mol. The number of unbranched alkanes of at least 4 members (excludes halogenated alkanes) is 2. The van der Waals surface area contributed by atoms with E-state index in [1.807, 2.05) is 13.8 Å². The minimum atomic E-state index is -1.49. The van der Waals surface area contributed by atoms with Crippen LogP contribution < -0.4 is 4.89 Å². The van der Waals surface area contributed by atoms with Crippen LogP contribution in [0.1, 0.15) is 91.9 Å². The Morgan fingerprint density at radius 2 is 1.50 bits per heavy atom. The molecule has 0 aromatic heterocycles. The van der Waals surface area contributed by atoms with Crippen molar-refractivity contribution in [1.29, 1.82) is 0 Å². The summed E-state index contributed by atoms with van der Waals surface area (Å²) in [6.07, 6.45) is 8.90. The first-order valence-corrected chi connectivity index (χ1v) is 11.4. The Labute approximate surface area is 160 Å². The highest BCUT2D eigenvalue weighted by Gasteiger charge is 2.49. The van der Waals surface area contributed by atoms with Gasteiger partial charge in [0.2, 0.25) is 0 Å². The Morgan fingerprint density at radius 3 is 1.88 bits per heavy atom. The normalized spacial score (nSPS) is 16.2. The van der Waals surface area contributed by atoms with Crippen LogP contribution in [0, 0.1) is 10.8 Å². The lowest BCUT2D eigenvalue weighted by Gasteiger charge is -2.26. The van der Waals surface area contributed by atoms with Crippen LogP contribution in [0.2, 0.25) is 0 Å².